The number of ether oxygens (including phenoxy) is 1. The van der Waals surface area contributed by atoms with Crippen molar-refractivity contribution >= 4 is 41.5 Å². The number of hydrogen-bond acceptors (Lipinski definition) is 2. The second kappa shape index (κ2) is 11.4. The van der Waals surface area contributed by atoms with Crippen molar-refractivity contribution in [2.75, 3.05) is 27.2 Å². The quantitative estimate of drug-likeness (QED) is 0.288. The number of aryl methyl sites for hydroxylation is 1. The van der Waals surface area contributed by atoms with Crippen molar-refractivity contribution in [3.05, 3.63) is 58.9 Å². The first-order chi connectivity index (χ1) is 11.6. The molecule has 1 heterocycles. The lowest BCUT2D eigenvalue weighted by atomic mass is 10.2. The van der Waals surface area contributed by atoms with Crippen molar-refractivity contribution < 1.29 is 4.74 Å². The standard InChI is InChI=1S/C18H25ClN4O.HI/c1-20-18(23(3)13-17-8-5-10-22(17)2)21-9-11-24-14-15-6-4-7-16(19)12-15;/h4-8,10,12H,9,11,13-14H2,1-3H3,(H,20,21);1H. The van der Waals surface area contributed by atoms with Crippen molar-refractivity contribution in [2.45, 2.75) is 13.2 Å². The molecule has 0 aliphatic carbocycles. The van der Waals surface area contributed by atoms with E-state index in [2.05, 4.69) is 25.8 Å². The summed E-state index contributed by atoms with van der Waals surface area (Å²) in [6.45, 7) is 2.65. The number of nitrogens with one attached hydrogen (secondary N) is 1. The number of aliphatic imine (C=N–C) groups is 1. The van der Waals surface area contributed by atoms with Crippen LogP contribution in [0, 0.1) is 0 Å². The lowest BCUT2D eigenvalue weighted by Crippen LogP contribution is -2.40. The molecule has 0 amide bonds. The molecule has 2 rings (SSSR count). The van der Waals surface area contributed by atoms with Gasteiger partial charge in [0.15, 0.2) is 5.96 Å². The van der Waals surface area contributed by atoms with E-state index in [4.69, 9.17) is 16.3 Å². The number of rotatable bonds is 7. The molecule has 5 nitrogen and oxygen atoms in total. The molecule has 1 aromatic heterocycles. The fraction of sp³-hybridized carbons (Fsp3) is 0.389. The predicted molar refractivity (Wildman–Crippen MR) is 115 cm³/mol. The van der Waals surface area contributed by atoms with E-state index in [1.165, 1.54) is 5.69 Å². The molecule has 0 radical (unpaired) electrons. The largest absolute Gasteiger partial charge is 0.375 e. The summed E-state index contributed by atoms with van der Waals surface area (Å²) in [5.74, 6) is 0.850. The Morgan fingerprint density at radius 1 is 1.32 bits per heavy atom. The van der Waals surface area contributed by atoms with Gasteiger partial charge in [-0.1, -0.05) is 23.7 Å². The Bertz CT molecular complexity index is 675. The van der Waals surface area contributed by atoms with Gasteiger partial charge in [0, 0.05) is 44.6 Å². The van der Waals surface area contributed by atoms with E-state index in [1.807, 2.05) is 50.6 Å². The second-order valence-electron chi connectivity index (χ2n) is 5.62. The Hall–Kier alpha value is -1.25. The van der Waals surface area contributed by atoms with Gasteiger partial charge in [-0.05, 0) is 29.8 Å². The fourth-order valence-corrected chi connectivity index (χ4v) is 2.63. The Morgan fingerprint density at radius 2 is 2.12 bits per heavy atom. The third-order valence-corrected chi connectivity index (χ3v) is 3.95. The Kier molecular flexibility index (Phi) is 9.92. The van der Waals surface area contributed by atoms with E-state index in [-0.39, 0.29) is 24.0 Å². The number of benzene rings is 1. The molecule has 0 aliphatic heterocycles. The minimum Gasteiger partial charge on any atom is -0.375 e. The van der Waals surface area contributed by atoms with Gasteiger partial charge in [0.05, 0.1) is 19.8 Å². The maximum absolute atomic E-state index is 5.96. The topological polar surface area (TPSA) is 41.8 Å². The summed E-state index contributed by atoms with van der Waals surface area (Å²) >= 11 is 5.96. The molecule has 0 fully saturated rings. The number of aromatic nitrogens is 1. The maximum atomic E-state index is 5.96. The van der Waals surface area contributed by atoms with Gasteiger partial charge in [-0.3, -0.25) is 4.99 Å². The molecular formula is C18H26ClIN4O. The van der Waals surface area contributed by atoms with Crippen LogP contribution in [-0.2, 0) is 24.9 Å². The zero-order valence-corrected chi connectivity index (χ0v) is 18.0. The molecule has 1 aromatic carbocycles. The summed E-state index contributed by atoms with van der Waals surface area (Å²) in [5, 5.41) is 4.05. The molecule has 7 heteroatoms. The van der Waals surface area contributed by atoms with Gasteiger partial charge in [-0.15, -0.1) is 24.0 Å². The predicted octanol–water partition coefficient (Wildman–Crippen LogP) is 3.52. The molecule has 0 spiro atoms. The molecule has 1 N–H and O–H groups in total. The minimum absolute atomic E-state index is 0. The monoisotopic (exact) mass is 476 g/mol. The molecule has 2 aromatic rings. The molecule has 0 saturated heterocycles. The van der Waals surface area contributed by atoms with Crippen LogP contribution >= 0.6 is 35.6 Å². The normalized spacial score (nSPS) is 11.1. The van der Waals surface area contributed by atoms with Crippen LogP contribution in [-0.4, -0.2) is 42.7 Å². The summed E-state index contributed by atoms with van der Waals surface area (Å²) in [5.41, 5.74) is 2.31. The van der Waals surface area contributed by atoms with Crippen molar-refractivity contribution in [3.63, 3.8) is 0 Å². The van der Waals surface area contributed by atoms with Crippen LogP contribution in [0.25, 0.3) is 0 Å². The van der Waals surface area contributed by atoms with Gasteiger partial charge in [0.25, 0.3) is 0 Å². The molecule has 0 atom stereocenters. The van der Waals surface area contributed by atoms with E-state index >= 15 is 0 Å². The SMILES string of the molecule is CN=C(NCCOCc1cccc(Cl)c1)N(C)Cc1cccn1C.I. The summed E-state index contributed by atoms with van der Waals surface area (Å²) < 4.78 is 7.78. The Labute approximate surface area is 172 Å². The first-order valence-electron chi connectivity index (χ1n) is 7.94. The number of halogens is 2. The lowest BCUT2D eigenvalue weighted by molar-refractivity contribution is 0.125. The average Bonchev–Trinajstić information content (AvgIpc) is 2.96. The summed E-state index contributed by atoms with van der Waals surface area (Å²) in [6.07, 6.45) is 2.04. The van der Waals surface area contributed by atoms with Gasteiger partial charge in [0.2, 0.25) is 0 Å². The zero-order valence-electron chi connectivity index (χ0n) is 14.9. The molecule has 0 bridgehead atoms. The van der Waals surface area contributed by atoms with Crippen LogP contribution in [0.15, 0.2) is 47.6 Å². The lowest BCUT2D eigenvalue weighted by Gasteiger charge is -2.22. The fourth-order valence-electron chi connectivity index (χ4n) is 2.42. The molecule has 25 heavy (non-hydrogen) atoms. The van der Waals surface area contributed by atoms with Crippen LogP contribution in [0.3, 0.4) is 0 Å². The Morgan fingerprint density at radius 3 is 2.76 bits per heavy atom. The van der Waals surface area contributed by atoms with E-state index < -0.39 is 0 Å². The maximum Gasteiger partial charge on any atom is 0.193 e. The number of hydrogen-bond donors (Lipinski definition) is 1. The molecule has 0 saturated carbocycles. The van der Waals surface area contributed by atoms with Crippen LogP contribution in [0.2, 0.25) is 5.02 Å². The van der Waals surface area contributed by atoms with Crippen LogP contribution in [0.1, 0.15) is 11.3 Å². The van der Waals surface area contributed by atoms with Crippen LogP contribution < -0.4 is 5.32 Å². The van der Waals surface area contributed by atoms with Crippen molar-refractivity contribution in [3.8, 4) is 0 Å². The number of guanidine groups is 1. The van der Waals surface area contributed by atoms with Crippen molar-refractivity contribution in [1.29, 1.82) is 0 Å². The molecular weight excluding hydrogens is 451 g/mol. The highest BCUT2D eigenvalue weighted by Gasteiger charge is 2.07. The van der Waals surface area contributed by atoms with E-state index in [0.717, 1.165) is 23.1 Å². The van der Waals surface area contributed by atoms with E-state index in [9.17, 15) is 0 Å². The van der Waals surface area contributed by atoms with Crippen molar-refractivity contribution in [2.24, 2.45) is 12.0 Å². The van der Waals surface area contributed by atoms with E-state index in [1.54, 1.807) is 7.05 Å². The third-order valence-electron chi connectivity index (χ3n) is 3.71. The highest BCUT2D eigenvalue weighted by molar-refractivity contribution is 14.0. The first kappa shape index (κ1) is 21.8. The average molecular weight is 477 g/mol. The highest BCUT2D eigenvalue weighted by atomic mass is 127. The van der Waals surface area contributed by atoms with Crippen molar-refractivity contribution in [1.82, 2.24) is 14.8 Å². The molecule has 138 valence electrons. The van der Waals surface area contributed by atoms with Gasteiger partial charge >= 0.3 is 0 Å². The third kappa shape index (κ3) is 7.25. The molecule has 0 unspecified atom stereocenters. The zero-order chi connectivity index (χ0) is 17.4. The van der Waals surface area contributed by atoms with Gasteiger partial charge in [-0.2, -0.15) is 0 Å². The first-order valence-corrected chi connectivity index (χ1v) is 8.32. The van der Waals surface area contributed by atoms with Gasteiger partial charge in [0.1, 0.15) is 0 Å². The summed E-state index contributed by atoms with van der Waals surface area (Å²) in [6, 6.07) is 11.9. The summed E-state index contributed by atoms with van der Waals surface area (Å²) in [4.78, 5) is 6.40. The Balaban J connectivity index is 0.00000312. The van der Waals surface area contributed by atoms with Crippen LogP contribution in [0.4, 0.5) is 0 Å². The highest BCUT2D eigenvalue weighted by Crippen LogP contribution is 2.11. The number of nitrogens with zero attached hydrogens (tertiary/aromatic N) is 3. The van der Waals surface area contributed by atoms with Gasteiger partial charge < -0.3 is 19.5 Å². The van der Waals surface area contributed by atoms with Crippen LogP contribution in [0.5, 0.6) is 0 Å². The minimum atomic E-state index is 0. The summed E-state index contributed by atoms with van der Waals surface area (Å²) in [7, 11) is 5.86. The van der Waals surface area contributed by atoms with E-state index in [0.29, 0.717) is 19.8 Å². The van der Waals surface area contributed by atoms with Gasteiger partial charge in [-0.25, -0.2) is 0 Å². The molecule has 0 aliphatic rings. The second-order valence-corrected chi connectivity index (χ2v) is 6.06. The smallest absolute Gasteiger partial charge is 0.193 e.